The van der Waals surface area contributed by atoms with E-state index in [1.54, 1.807) is 30.3 Å². The molecule has 0 atom stereocenters. The van der Waals surface area contributed by atoms with Gasteiger partial charge in [-0.1, -0.05) is 15.9 Å². The van der Waals surface area contributed by atoms with Gasteiger partial charge in [-0.3, -0.25) is 4.72 Å². The molecule has 0 saturated carbocycles. The molecule has 7 heteroatoms. The van der Waals surface area contributed by atoms with Gasteiger partial charge in [0.1, 0.15) is 6.07 Å². The number of thiophene rings is 1. The van der Waals surface area contributed by atoms with Gasteiger partial charge in [0.15, 0.2) is 4.91 Å². The average Bonchev–Trinajstić information content (AvgIpc) is 2.83. The fourth-order valence-corrected chi connectivity index (χ4v) is 3.70. The smallest absolute Gasteiger partial charge is 0.272 e. The maximum atomic E-state index is 12.2. The van der Waals surface area contributed by atoms with E-state index in [0.717, 1.165) is 14.9 Å². The third kappa shape index (κ3) is 3.94. The molecule has 0 spiro atoms. The van der Waals surface area contributed by atoms with Gasteiger partial charge in [-0.15, -0.1) is 11.3 Å². The van der Waals surface area contributed by atoms with Crippen LogP contribution in [0.25, 0.3) is 6.08 Å². The highest BCUT2D eigenvalue weighted by atomic mass is 79.9. The van der Waals surface area contributed by atoms with Gasteiger partial charge in [0.05, 0.1) is 0 Å². The fraction of sp³-hybridized carbons (Fsp3) is 0.0714. The Bertz CT molecular complexity index is 815. The molecular weight excluding hydrogens is 372 g/mol. The summed E-state index contributed by atoms with van der Waals surface area (Å²) >= 11 is 4.67. The molecule has 0 bridgehead atoms. The molecule has 2 aromatic rings. The Balaban J connectivity index is 2.33. The zero-order chi connectivity index (χ0) is 15.5. The van der Waals surface area contributed by atoms with Gasteiger partial charge in [0.25, 0.3) is 10.0 Å². The van der Waals surface area contributed by atoms with E-state index in [1.165, 1.54) is 17.4 Å². The molecule has 0 saturated heterocycles. The van der Waals surface area contributed by atoms with Gasteiger partial charge in [-0.25, -0.2) is 8.42 Å². The molecule has 1 aromatic carbocycles. The zero-order valence-corrected chi connectivity index (χ0v) is 14.2. The van der Waals surface area contributed by atoms with E-state index in [2.05, 4.69) is 20.7 Å². The summed E-state index contributed by atoms with van der Waals surface area (Å²) in [5.41, 5.74) is 1.34. The van der Waals surface area contributed by atoms with Crippen LogP contribution in [-0.4, -0.2) is 8.42 Å². The van der Waals surface area contributed by atoms with Crippen LogP contribution in [0.15, 0.2) is 45.1 Å². The molecule has 0 aliphatic rings. The number of benzene rings is 1. The van der Waals surface area contributed by atoms with Crippen molar-refractivity contribution in [3.05, 3.63) is 55.5 Å². The summed E-state index contributed by atoms with van der Waals surface area (Å²) in [5.74, 6) is 0. The van der Waals surface area contributed by atoms with Crippen LogP contribution in [-0.2, 0) is 10.0 Å². The number of nitrogens with zero attached hydrogens (tertiary/aromatic N) is 1. The molecule has 0 radical (unpaired) electrons. The van der Waals surface area contributed by atoms with Crippen molar-refractivity contribution in [2.45, 2.75) is 6.92 Å². The molecule has 0 aliphatic heterocycles. The molecule has 0 fully saturated rings. The summed E-state index contributed by atoms with van der Waals surface area (Å²) in [4.78, 5) is 0.448. The molecular formula is C14H11BrN2O2S2. The van der Waals surface area contributed by atoms with Crippen molar-refractivity contribution in [3.63, 3.8) is 0 Å². The molecule has 0 unspecified atom stereocenters. The van der Waals surface area contributed by atoms with Crippen LogP contribution in [0.5, 0.6) is 0 Å². The molecule has 4 nitrogen and oxygen atoms in total. The van der Waals surface area contributed by atoms with Crippen LogP contribution in [0, 0.1) is 18.3 Å². The van der Waals surface area contributed by atoms with E-state index in [0.29, 0.717) is 5.69 Å². The van der Waals surface area contributed by atoms with Crippen molar-refractivity contribution < 1.29 is 8.42 Å². The van der Waals surface area contributed by atoms with Gasteiger partial charge < -0.3 is 0 Å². The number of aryl methyl sites for hydroxylation is 1. The number of hydrogen-bond acceptors (Lipinski definition) is 4. The minimum absolute atomic E-state index is 0.309. The second-order valence-electron chi connectivity index (χ2n) is 4.20. The highest BCUT2D eigenvalue weighted by Crippen LogP contribution is 2.23. The first-order chi connectivity index (χ1) is 9.92. The number of sulfonamides is 1. The van der Waals surface area contributed by atoms with Gasteiger partial charge in [-0.05, 0) is 54.3 Å². The van der Waals surface area contributed by atoms with Crippen molar-refractivity contribution in [3.8, 4) is 6.07 Å². The lowest BCUT2D eigenvalue weighted by Gasteiger charge is -2.06. The third-order valence-electron chi connectivity index (χ3n) is 2.66. The molecule has 1 N–H and O–H groups in total. The summed E-state index contributed by atoms with van der Waals surface area (Å²) in [7, 11) is -3.89. The lowest BCUT2D eigenvalue weighted by atomic mass is 10.3. The molecule has 1 heterocycles. The maximum Gasteiger partial charge on any atom is 0.272 e. The van der Waals surface area contributed by atoms with Crippen molar-refractivity contribution in [2.75, 3.05) is 4.72 Å². The Hall–Kier alpha value is -1.62. The van der Waals surface area contributed by atoms with Crippen LogP contribution in [0.2, 0.25) is 0 Å². The van der Waals surface area contributed by atoms with Crippen LogP contribution in [0.4, 0.5) is 5.69 Å². The quantitative estimate of drug-likeness (QED) is 0.808. The number of rotatable bonds is 4. The predicted octanol–water partition coefficient (Wildman–Crippen LogP) is 4.13. The van der Waals surface area contributed by atoms with E-state index in [-0.39, 0.29) is 4.91 Å². The Morgan fingerprint density at radius 3 is 2.52 bits per heavy atom. The number of nitrogens with one attached hydrogen (secondary N) is 1. The Morgan fingerprint density at radius 1 is 1.33 bits per heavy atom. The van der Waals surface area contributed by atoms with E-state index >= 15 is 0 Å². The Labute approximate surface area is 135 Å². The number of anilines is 1. The first-order valence-electron chi connectivity index (χ1n) is 5.86. The van der Waals surface area contributed by atoms with E-state index in [4.69, 9.17) is 5.26 Å². The highest BCUT2D eigenvalue weighted by Gasteiger charge is 2.18. The summed E-state index contributed by atoms with van der Waals surface area (Å²) in [6, 6.07) is 10.3. The fourth-order valence-electron chi connectivity index (χ4n) is 1.55. The van der Waals surface area contributed by atoms with Gasteiger partial charge in [0.2, 0.25) is 0 Å². The molecule has 0 amide bonds. The SMILES string of the molecule is Cc1ccsc1/C=C(\C#N)S(=O)(=O)Nc1ccc(Br)cc1. The van der Waals surface area contributed by atoms with Gasteiger partial charge >= 0.3 is 0 Å². The average molecular weight is 383 g/mol. The highest BCUT2D eigenvalue weighted by molar-refractivity contribution is 9.10. The Morgan fingerprint density at radius 2 is 2.00 bits per heavy atom. The lowest BCUT2D eigenvalue weighted by Crippen LogP contribution is -2.14. The van der Waals surface area contributed by atoms with Crippen LogP contribution in [0.3, 0.4) is 0 Å². The van der Waals surface area contributed by atoms with Crippen LogP contribution < -0.4 is 4.72 Å². The molecule has 2 rings (SSSR count). The molecule has 108 valence electrons. The van der Waals surface area contributed by atoms with Crippen LogP contribution in [0.1, 0.15) is 10.4 Å². The lowest BCUT2D eigenvalue weighted by molar-refractivity contribution is 0.608. The van der Waals surface area contributed by atoms with Crippen molar-refractivity contribution in [2.24, 2.45) is 0 Å². The summed E-state index contributed by atoms with van der Waals surface area (Å²) < 4.78 is 27.7. The third-order valence-corrected chi connectivity index (χ3v) is 5.45. The second-order valence-corrected chi connectivity index (χ2v) is 7.71. The number of hydrogen-bond donors (Lipinski definition) is 1. The predicted molar refractivity (Wildman–Crippen MR) is 89.3 cm³/mol. The monoisotopic (exact) mass is 382 g/mol. The number of nitriles is 1. The Kier molecular flexibility index (Phi) is 4.83. The van der Waals surface area contributed by atoms with Gasteiger partial charge in [-0.2, -0.15) is 5.26 Å². The normalized spacial score (nSPS) is 12.0. The largest absolute Gasteiger partial charge is 0.279 e. The second kappa shape index (κ2) is 6.43. The van der Waals surface area contributed by atoms with E-state index < -0.39 is 10.0 Å². The first-order valence-corrected chi connectivity index (χ1v) is 9.02. The summed E-state index contributed by atoms with van der Waals surface area (Å²) in [5, 5.41) is 11.0. The maximum absolute atomic E-state index is 12.2. The van der Waals surface area contributed by atoms with Crippen molar-refractivity contribution in [1.29, 1.82) is 5.26 Å². The minimum atomic E-state index is -3.89. The summed E-state index contributed by atoms with van der Waals surface area (Å²) in [6.07, 6.45) is 1.39. The first kappa shape index (κ1) is 15.8. The minimum Gasteiger partial charge on any atom is -0.279 e. The topological polar surface area (TPSA) is 70.0 Å². The molecule has 0 aliphatic carbocycles. The van der Waals surface area contributed by atoms with Crippen LogP contribution >= 0.6 is 27.3 Å². The molecule has 1 aromatic heterocycles. The van der Waals surface area contributed by atoms with Crippen molar-refractivity contribution in [1.82, 2.24) is 0 Å². The number of halogens is 1. The number of allylic oxidation sites excluding steroid dienone is 1. The van der Waals surface area contributed by atoms with Crippen molar-refractivity contribution >= 4 is 49.1 Å². The summed E-state index contributed by atoms with van der Waals surface area (Å²) in [6.45, 7) is 1.87. The van der Waals surface area contributed by atoms with E-state index in [1.807, 2.05) is 18.4 Å². The standard InChI is InChI=1S/C14H11BrN2O2S2/c1-10-6-7-20-14(10)8-13(9-16)21(18,19)17-12-4-2-11(15)3-5-12/h2-8,17H,1H3/b13-8+. The van der Waals surface area contributed by atoms with Gasteiger partial charge in [0, 0.05) is 15.0 Å². The molecule has 21 heavy (non-hydrogen) atoms. The zero-order valence-electron chi connectivity index (χ0n) is 11.0. The van der Waals surface area contributed by atoms with E-state index in [9.17, 15) is 8.42 Å².